The van der Waals surface area contributed by atoms with Gasteiger partial charge in [-0.15, -0.1) is 0 Å². The molecule has 0 saturated carbocycles. The van der Waals surface area contributed by atoms with Crippen LogP contribution in [0.4, 0.5) is 5.69 Å². The number of piperidine rings is 1. The van der Waals surface area contributed by atoms with Crippen molar-refractivity contribution in [3.05, 3.63) is 61.9 Å². The molecule has 0 bridgehead atoms. The van der Waals surface area contributed by atoms with Crippen LogP contribution in [0.1, 0.15) is 29.7 Å². The number of aromatic amines is 2. The third-order valence-electron chi connectivity index (χ3n) is 4.82. The Bertz CT molecular complexity index is 907. The highest BCUT2D eigenvalue weighted by molar-refractivity contribution is 5.79. The fourth-order valence-electron chi connectivity index (χ4n) is 3.38. The molecule has 1 saturated heterocycles. The average Bonchev–Trinajstić information content (AvgIpc) is 2.59. The quantitative estimate of drug-likeness (QED) is 0.761. The number of nitrogens with one attached hydrogen (secondary N) is 3. The van der Waals surface area contributed by atoms with Crippen molar-refractivity contribution < 1.29 is 4.79 Å². The highest BCUT2D eigenvalue weighted by atomic mass is 16.2. The third-order valence-corrected chi connectivity index (χ3v) is 4.82. The number of rotatable bonds is 4. The fraction of sp³-hybridized carbons (Fsp3) is 0.421. The van der Waals surface area contributed by atoms with E-state index in [-0.39, 0.29) is 18.4 Å². The summed E-state index contributed by atoms with van der Waals surface area (Å²) in [4.78, 5) is 42.4. The second kappa shape index (κ2) is 7.59. The van der Waals surface area contributed by atoms with E-state index in [1.165, 1.54) is 11.3 Å². The van der Waals surface area contributed by atoms with Gasteiger partial charge in [0.05, 0.1) is 6.42 Å². The van der Waals surface area contributed by atoms with E-state index in [2.05, 4.69) is 51.4 Å². The van der Waals surface area contributed by atoms with Gasteiger partial charge in [-0.2, -0.15) is 0 Å². The number of carbonyl (C=O) groups excluding carboxylic acids is 1. The van der Waals surface area contributed by atoms with Crippen LogP contribution in [-0.4, -0.2) is 35.0 Å². The zero-order chi connectivity index (χ0) is 18.7. The molecule has 1 aliphatic heterocycles. The molecule has 0 atom stereocenters. The first kappa shape index (κ1) is 18.0. The monoisotopic (exact) mass is 356 g/mol. The van der Waals surface area contributed by atoms with Crippen LogP contribution in [-0.2, 0) is 11.2 Å². The van der Waals surface area contributed by atoms with E-state index in [0.29, 0.717) is 11.3 Å². The molecule has 0 aliphatic carbocycles. The Kier molecular flexibility index (Phi) is 5.25. The standard InChI is InChI=1S/C19H24N4O3/c1-12-4-3-5-15(10-12)23-8-6-14(7-9-23)21-17(24)11-16-13(2)20-19(26)22-18(16)25/h3-5,10,14H,6-9,11H2,1-2H3,(H,21,24)(H2,20,22,25,26). The number of benzene rings is 1. The minimum atomic E-state index is -0.555. The van der Waals surface area contributed by atoms with Crippen LogP contribution in [0.2, 0.25) is 0 Å². The molecule has 1 amide bonds. The number of anilines is 1. The average molecular weight is 356 g/mol. The van der Waals surface area contributed by atoms with Crippen LogP contribution in [0.5, 0.6) is 0 Å². The van der Waals surface area contributed by atoms with Gasteiger partial charge in [0, 0.05) is 36.1 Å². The molecule has 2 heterocycles. The first-order valence-electron chi connectivity index (χ1n) is 8.85. The molecule has 1 aliphatic rings. The minimum absolute atomic E-state index is 0.0317. The van der Waals surface area contributed by atoms with Crippen molar-refractivity contribution in [3.8, 4) is 0 Å². The Hall–Kier alpha value is -2.83. The van der Waals surface area contributed by atoms with Crippen molar-refractivity contribution in [3.63, 3.8) is 0 Å². The molecule has 138 valence electrons. The van der Waals surface area contributed by atoms with E-state index in [1.54, 1.807) is 6.92 Å². The molecular weight excluding hydrogens is 332 g/mol. The van der Waals surface area contributed by atoms with Crippen LogP contribution in [0.15, 0.2) is 33.9 Å². The van der Waals surface area contributed by atoms with Crippen LogP contribution in [0.25, 0.3) is 0 Å². The van der Waals surface area contributed by atoms with Gasteiger partial charge in [0.15, 0.2) is 0 Å². The predicted octanol–water partition coefficient (Wildman–Crippen LogP) is 1.01. The molecule has 0 spiro atoms. The predicted molar refractivity (Wildman–Crippen MR) is 101 cm³/mol. The molecule has 2 aromatic rings. The Labute approximate surface area is 151 Å². The van der Waals surface area contributed by atoms with E-state index >= 15 is 0 Å². The molecule has 3 N–H and O–H groups in total. The lowest BCUT2D eigenvalue weighted by atomic mass is 10.0. The molecule has 3 rings (SSSR count). The first-order valence-corrected chi connectivity index (χ1v) is 8.85. The summed E-state index contributed by atoms with van der Waals surface area (Å²) in [7, 11) is 0. The lowest BCUT2D eigenvalue weighted by molar-refractivity contribution is -0.121. The van der Waals surface area contributed by atoms with Gasteiger partial charge in [0.1, 0.15) is 0 Å². The van der Waals surface area contributed by atoms with Gasteiger partial charge in [-0.25, -0.2) is 4.79 Å². The topological polar surface area (TPSA) is 98.1 Å². The number of hydrogen-bond acceptors (Lipinski definition) is 4. The normalized spacial score (nSPS) is 15.1. The maximum atomic E-state index is 12.3. The molecular formula is C19H24N4O3. The summed E-state index contributed by atoms with van der Waals surface area (Å²) in [6.45, 7) is 5.47. The molecule has 0 radical (unpaired) electrons. The minimum Gasteiger partial charge on any atom is -0.371 e. The number of amides is 1. The zero-order valence-electron chi connectivity index (χ0n) is 15.1. The second-order valence-corrected chi connectivity index (χ2v) is 6.86. The zero-order valence-corrected chi connectivity index (χ0v) is 15.1. The molecule has 1 fully saturated rings. The summed E-state index contributed by atoms with van der Waals surface area (Å²) in [5.41, 5.74) is 2.13. The van der Waals surface area contributed by atoms with Gasteiger partial charge in [-0.1, -0.05) is 12.1 Å². The highest BCUT2D eigenvalue weighted by Gasteiger charge is 2.21. The summed E-state index contributed by atoms with van der Waals surface area (Å²) in [5, 5.41) is 3.01. The van der Waals surface area contributed by atoms with E-state index < -0.39 is 11.2 Å². The SMILES string of the molecule is Cc1cccc(N2CCC(NC(=O)Cc3c(C)[nH]c(=O)[nH]c3=O)CC2)c1. The smallest absolute Gasteiger partial charge is 0.325 e. The Morgan fingerprint density at radius 3 is 2.58 bits per heavy atom. The summed E-state index contributed by atoms with van der Waals surface area (Å²) < 4.78 is 0. The van der Waals surface area contributed by atoms with E-state index in [9.17, 15) is 14.4 Å². The molecule has 0 unspecified atom stereocenters. The van der Waals surface area contributed by atoms with Crippen molar-refractivity contribution in [2.24, 2.45) is 0 Å². The maximum Gasteiger partial charge on any atom is 0.325 e. The van der Waals surface area contributed by atoms with E-state index in [1.807, 2.05) is 0 Å². The number of aryl methyl sites for hydroxylation is 2. The number of hydrogen-bond donors (Lipinski definition) is 3. The lowest BCUT2D eigenvalue weighted by Gasteiger charge is -2.34. The number of H-pyrrole nitrogens is 2. The van der Waals surface area contributed by atoms with Gasteiger partial charge < -0.3 is 15.2 Å². The summed E-state index contributed by atoms with van der Waals surface area (Å²) in [6, 6.07) is 8.52. The van der Waals surface area contributed by atoms with Crippen molar-refractivity contribution >= 4 is 11.6 Å². The van der Waals surface area contributed by atoms with Crippen molar-refractivity contribution in [1.29, 1.82) is 0 Å². The first-order chi connectivity index (χ1) is 12.4. The third kappa shape index (κ3) is 4.22. The second-order valence-electron chi connectivity index (χ2n) is 6.86. The van der Waals surface area contributed by atoms with Crippen molar-refractivity contribution in [2.75, 3.05) is 18.0 Å². The lowest BCUT2D eigenvalue weighted by Crippen LogP contribution is -2.45. The van der Waals surface area contributed by atoms with E-state index in [4.69, 9.17) is 0 Å². The molecule has 26 heavy (non-hydrogen) atoms. The molecule has 1 aromatic carbocycles. The van der Waals surface area contributed by atoms with Gasteiger partial charge in [0.2, 0.25) is 5.91 Å². The summed E-state index contributed by atoms with van der Waals surface area (Å²) in [6.07, 6.45) is 1.69. The number of carbonyl (C=O) groups is 1. The van der Waals surface area contributed by atoms with Crippen molar-refractivity contribution in [1.82, 2.24) is 15.3 Å². The Balaban J connectivity index is 1.55. The summed E-state index contributed by atoms with van der Waals surface area (Å²) in [5.74, 6) is -0.195. The Morgan fingerprint density at radius 2 is 1.92 bits per heavy atom. The van der Waals surface area contributed by atoms with E-state index in [0.717, 1.165) is 25.9 Å². The molecule has 1 aromatic heterocycles. The maximum absolute atomic E-state index is 12.3. The Morgan fingerprint density at radius 1 is 1.19 bits per heavy atom. The molecule has 7 heteroatoms. The fourth-order valence-corrected chi connectivity index (χ4v) is 3.38. The van der Waals surface area contributed by atoms with Crippen molar-refractivity contribution in [2.45, 2.75) is 39.2 Å². The van der Waals surface area contributed by atoms with Crippen LogP contribution >= 0.6 is 0 Å². The largest absolute Gasteiger partial charge is 0.371 e. The van der Waals surface area contributed by atoms with Crippen LogP contribution in [0.3, 0.4) is 0 Å². The van der Waals surface area contributed by atoms with Gasteiger partial charge in [-0.3, -0.25) is 14.6 Å². The van der Waals surface area contributed by atoms with Crippen LogP contribution < -0.4 is 21.5 Å². The van der Waals surface area contributed by atoms with Gasteiger partial charge in [-0.05, 0) is 44.4 Å². The number of nitrogens with zero attached hydrogens (tertiary/aromatic N) is 1. The van der Waals surface area contributed by atoms with Gasteiger partial charge >= 0.3 is 5.69 Å². The number of aromatic nitrogens is 2. The highest BCUT2D eigenvalue weighted by Crippen LogP contribution is 2.21. The summed E-state index contributed by atoms with van der Waals surface area (Å²) >= 11 is 0. The molecule has 7 nitrogen and oxygen atoms in total. The van der Waals surface area contributed by atoms with Gasteiger partial charge in [0.25, 0.3) is 5.56 Å². The van der Waals surface area contributed by atoms with Crippen LogP contribution in [0, 0.1) is 13.8 Å².